The van der Waals surface area contributed by atoms with E-state index in [1.807, 2.05) is 0 Å². The van der Waals surface area contributed by atoms with Crippen LogP contribution in [0.2, 0.25) is 0 Å². The topological polar surface area (TPSA) is 3.24 Å². The number of fused-ring (bicyclic) bond motifs is 2. The van der Waals surface area contributed by atoms with Crippen LogP contribution in [0.4, 0.5) is 0 Å². The molecule has 2 aliphatic heterocycles. The minimum Gasteiger partial charge on any atom is -0.300 e. The lowest BCUT2D eigenvalue weighted by atomic mass is 9.74. The molecule has 3 atom stereocenters. The molecule has 2 bridgehead atoms. The summed E-state index contributed by atoms with van der Waals surface area (Å²) in [5.41, 5.74) is 0. The van der Waals surface area contributed by atoms with Gasteiger partial charge in [-0.05, 0) is 44.6 Å². The fourth-order valence-corrected chi connectivity index (χ4v) is 3.20. The Kier molecular flexibility index (Phi) is 2.64. The Morgan fingerprint density at radius 3 is 2.08 bits per heavy atom. The van der Waals surface area contributed by atoms with E-state index in [1.54, 1.807) is 0 Å². The molecule has 0 spiro atoms. The van der Waals surface area contributed by atoms with Crippen LogP contribution in [0, 0.1) is 11.8 Å². The van der Waals surface area contributed by atoms with E-state index < -0.39 is 0 Å². The summed E-state index contributed by atoms with van der Waals surface area (Å²) < 4.78 is 0. The lowest BCUT2D eigenvalue weighted by Crippen LogP contribution is -2.50. The Bertz CT molecular complexity index is 162. The van der Waals surface area contributed by atoms with Crippen molar-refractivity contribution in [3.63, 3.8) is 0 Å². The van der Waals surface area contributed by atoms with Gasteiger partial charge in [-0.25, -0.2) is 0 Å². The average molecular weight is 181 g/mol. The molecule has 76 valence electrons. The van der Waals surface area contributed by atoms with E-state index in [-0.39, 0.29) is 0 Å². The third-order valence-corrected chi connectivity index (χ3v) is 4.32. The molecular weight excluding hydrogens is 158 g/mol. The molecule has 2 heterocycles. The molecule has 0 aromatic heterocycles. The molecule has 2 aliphatic rings. The minimum atomic E-state index is 0.900. The van der Waals surface area contributed by atoms with Gasteiger partial charge in [-0.15, -0.1) is 0 Å². The maximum atomic E-state index is 2.66. The summed E-state index contributed by atoms with van der Waals surface area (Å²) >= 11 is 0. The third-order valence-electron chi connectivity index (χ3n) is 4.32. The molecule has 0 saturated carbocycles. The SMILES string of the molecule is CC(C)[C@H]1C[C@H]2CCC[C@@H](C1)N2C. The zero-order chi connectivity index (χ0) is 9.42. The lowest BCUT2D eigenvalue weighted by Gasteiger charge is -2.48. The first kappa shape index (κ1) is 9.51. The van der Waals surface area contributed by atoms with E-state index >= 15 is 0 Å². The van der Waals surface area contributed by atoms with E-state index in [9.17, 15) is 0 Å². The average Bonchev–Trinajstić information content (AvgIpc) is 2.02. The van der Waals surface area contributed by atoms with Crippen molar-refractivity contribution in [3.8, 4) is 0 Å². The quantitative estimate of drug-likeness (QED) is 0.601. The van der Waals surface area contributed by atoms with Crippen LogP contribution < -0.4 is 0 Å². The van der Waals surface area contributed by atoms with Crippen LogP contribution in [-0.2, 0) is 0 Å². The zero-order valence-electron chi connectivity index (χ0n) is 9.29. The van der Waals surface area contributed by atoms with Gasteiger partial charge in [-0.3, -0.25) is 0 Å². The van der Waals surface area contributed by atoms with E-state index in [1.165, 1.54) is 32.1 Å². The Labute approximate surface area is 82.5 Å². The van der Waals surface area contributed by atoms with Gasteiger partial charge in [0.05, 0.1) is 0 Å². The first-order valence-corrected chi connectivity index (χ1v) is 5.90. The van der Waals surface area contributed by atoms with E-state index in [2.05, 4.69) is 25.8 Å². The van der Waals surface area contributed by atoms with Gasteiger partial charge < -0.3 is 4.90 Å². The fraction of sp³-hybridized carbons (Fsp3) is 1.00. The molecule has 0 N–H and O–H groups in total. The van der Waals surface area contributed by atoms with E-state index in [4.69, 9.17) is 0 Å². The van der Waals surface area contributed by atoms with Gasteiger partial charge in [-0.2, -0.15) is 0 Å². The van der Waals surface area contributed by atoms with Gasteiger partial charge in [0, 0.05) is 12.1 Å². The summed E-state index contributed by atoms with van der Waals surface area (Å²) in [5.74, 6) is 1.91. The second-order valence-corrected chi connectivity index (χ2v) is 5.38. The number of piperidine rings is 2. The lowest BCUT2D eigenvalue weighted by molar-refractivity contribution is 0.0232. The first-order chi connectivity index (χ1) is 6.18. The van der Waals surface area contributed by atoms with Crippen molar-refractivity contribution >= 4 is 0 Å². The molecule has 1 nitrogen and oxygen atoms in total. The predicted molar refractivity (Wildman–Crippen MR) is 56.8 cm³/mol. The van der Waals surface area contributed by atoms with Gasteiger partial charge in [0.1, 0.15) is 0 Å². The Morgan fingerprint density at radius 1 is 1.08 bits per heavy atom. The largest absolute Gasteiger partial charge is 0.300 e. The van der Waals surface area contributed by atoms with Crippen LogP contribution in [-0.4, -0.2) is 24.0 Å². The van der Waals surface area contributed by atoms with Crippen molar-refractivity contribution in [2.45, 2.75) is 58.0 Å². The van der Waals surface area contributed by atoms with Crippen molar-refractivity contribution in [1.82, 2.24) is 4.90 Å². The van der Waals surface area contributed by atoms with Gasteiger partial charge in [0.2, 0.25) is 0 Å². The maximum absolute atomic E-state index is 2.66. The van der Waals surface area contributed by atoms with Crippen molar-refractivity contribution < 1.29 is 0 Å². The van der Waals surface area contributed by atoms with Crippen molar-refractivity contribution in [2.75, 3.05) is 7.05 Å². The van der Waals surface area contributed by atoms with Crippen LogP contribution in [0.25, 0.3) is 0 Å². The van der Waals surface area contributed by atoms with Crippen LogP contribution in [0.15, 0.2) is 0 Å². The molecule has 2 fully saturated rings. The highest BCUT2D eigenvalue weighted by Crippen LogP contribution is 2.38. The summed E-state index contributed by atoms with van der Waals surface area (Å²) in [6.07, 6.45) is 7.31. The highest BCUT2D eigenvalue weighted by molar-refractivity contribution is 4.91. The highest BCUT2D eigenvalue weighted by atomic mass is 15.2. The molecule has 0 unspecified atom stereocenters. The zero-order valence-corrected chi connectivity index (χ0v) is 9.29. The molecule has 2 rings (SSSR count). The Hall–Kier alpha value is -0.0400. The molecular formula is C12H23N. The second-order valence-electron chi connectivity index (χ2n) is 5.38. The van der Waals surface area contributed by atoms with Crippen molar-refractivity contribution in [3.05, 3.63) is 0 Å². The number of hydrogen-bond donors (Lipinski definition) is 0. The fourth-order valence-electron chi connectivity index (χ4n) is 3.20. The summed E-state index contributed by atoms with van der Waals surface area (Å²) in [6.45, 7) is 4.79. The second kappa shape index (κ2) is 3.61. The summed E-state index contributed by atoms with van der Waals surface area (Å²) in [7, 11) is 2.34. The van der Waals surface area contributed by atoms with Crippen molar-refractivity contribution in [1.29, 1.82) is 0 Å². The monoisotopic (exact) mass is 181 g/mol. The van der Waals surface area contributed by atoms with Crippen LogP contribution in [0.1, 0.15) is 46.0 Å². The summed E-state index contributed by atoms with van der Waals surface area (Å²) in [5, 5.41) is 0. The number of rotatable bonds is 1. The van der Waals surface area contributed by atoms with Crippen LogP contribution >= 0.6 is 0 Å². The highest BCUT2D eigenvalue weighted by Gasteiger charge is 2.36. The van der Waals surface area contributed by atoms with E-state index in [0.29, 0.717) is 0 Å². The smallest absolute Gasteiger partial charge is 0.00979 e. The minimum absolute atomic E-state index is 0.900. The Morgan fingerprint density at radius 2 is 1.62 bits per heavy atom. The molecule has 13 heavy (non-hydrogen) atoms. The molecule has 2 saturated heterocycles. The molecule has 0 radical (unpaired) electrons. The molecule has 0 amide bonds. The van der Waals surface area contributed by atoms with Gasteiger partial charge in [0.15, 0.2) is 0 Å². The third kappa shape index (κ3) is 1.76. The van der Waals surface area contributed by atoms with E-state index in [0.717, 1.165) is 23.9 Å². The van der Waals surface area contributed by atoms with Crippen LogP contribution in [0.5, 0.6) is 0 Å². The molecule has 1 heteroatoms. The maximum Gasteiger partial charge on any atom is 0.00979 e. The van der Waals surface area contributed by atoms with Crippen LogP contribution in [0.3, 0.4) is 0 Å². The predicted octanol–water partition coefficient (Wildman–Crippen LogP) is 2.91. The normalized spacial score (nSPS) is 41.1. The standard InChI is InChI=1S/C12H23N/c1-9(2)10-7-11-5-4-6-12(8-10)13(11)3/h9-12H,4-8H2,1-3H3/t10-,11+,12-. The van der Waals surface area contributed by atoms with Crippen molar-refractivity contribution in [2.24, 2.45) is 11.8 Å². The number of hydrogen-bond acceptors (Lipinski definition) is 1. The summed E-state index contributed by atoms with van der Waals surface area (Å²) in [6, 6.07) is 1.83. The van der Waals surface area contributed by atoms with Gasteiger partial charge in [0.25, 0.3) is 0 Å². The summed E-state index contributed by atoms with van der Waals surface area (Å²) in [4.78, 5) is 2.66. The molecule has 0 aromatic rings. The molecule has 0 aliphatic carbocycles. The number of nitrogens with zero attached hydrogens (tertiary/aromatic N) is 1. The van der Waals surface area contributed by atoms with Gasteiger partial charge >= 0.3 is 0 Å². The Balaban J connectivity index is 2.03. The van der Waals surface area contributed by atoms with Gasteiger partial charge in [-0.1, -0.05) is 20.3 Å². The molecule has 0 aromatic carbocycles. The first-order valence-electron chi connectivity index (χ1n) is 5.90.